The molecule has 0 aliphatic heterocycles. The van der Waals surface area contributed by atoms with Crippen LogP contribution in [0, 0.1) is 17.7 Å². The van der Waals surface area contributed by atoms with Crippen LogP contribution in [-0.4, -0.2) is 12.6 Å². The molecule has 1 aromatic carbocycles. The van der Waals surface area contributed by atoms with E-state index in [1.807, 2.05) is 6.07 Å². The number of nitrogens with one attached hydrogen (secondary N) is 1. The van der Waals surface area contributed by atoms with E-state index in [0.717, 1.165) is 18.5 Å². The lowest BCUT2D eigenvalue weighted by atomic mass is 9.89. The molecule has 100 valence electrons. The van der Waals surface area contributed by atoms with Crippen LogP contribution in [0.15, 0.2) is 18.2 Å². The third-order valence-corrected chi connectivity index (χ3v) is 4.13. The Labute approximate surface area is 114 Å². The molecule has 0 spiro atoms. The van der Waals surface area contributed by atoms with Crippen LogP contribution in [0.1, 0.15) is 32.3 Å². The highest BCUT2D eigenvalue weighted by Gasteiger charge is 2.23. The van der Waals surface area contributed by atoms with Crippen molar-refractivity contribution in [3.8, 4) is 0 Å². The molecule has 0 radical (unpaired) electrons. The van der Waals surface area contributed by atoms with Gasteiger partial charge in [-0.05, 0) is 49.3 Å². The largest absolute Gasteiger partial charge is 0.314 e. The van der Waals surface area contributed by atoms with Crippen molar-refractivity contribution in [1.29, 1.82) is 0 Å². The van der Waals surface area contributed by atoms with Crippen molar-refractivity contribution < 1.29 is 4.39 Å². The van der Waals surface area contributed by atoms with E-state index in [1.165, 1.54) is 18.9 Å². The summed E-state index contributed by atoms with van der Waals surface area (Å²) in [5.41, 5.74) is 0.924. The van der Waals surface area contributed by atoms with Gasteiger partial charge in [-0.3, -0.25) is 0 Å². The average Bonchev–Trinajstić information content (AvgIpc) is 3.13. The van der Waals surface area contributed by atoms with Crippen molar-refractivity contribution in [2.75, 3.05) is 6.54 Å². The Balaban J connectivity index is 2.00. The number of hydrogen-bond donors (Lipinski definition) is 1. The second-order valence-electron chi connectivity index (χ2n) is 5.60. The molecule has 0 heterocycles. The molecule has 0 amide bonds. The van der Waals surface area contributed by atoms with E-state index in [2.05, 4.69) is 19.2 Å². The second kappa shape index (κ2) is 6.03. The normalized spacial score (nSPS) is 17.2. The summed E-state index contributed by atoms with van der Waals surface area (Å²) in [7, 11) is 0. The van der Waals surface area contributed by atoms with Crippen LogP contribution in [0.2, 0.25) is 5.02 Å². The van der Waals surface area contributed by atoms with Crippen LogP contribution < -0.4 is 5.32 Å². The van der Waals surface area contributed by atoms with Crippen LogP contribution in [0.4, 0.5) is 4.39 Å². The molecular formula is C15H21ClFN. The summed E-state index contributed by atoms with van der Waals surface area (Å²) in [4.78, 5) is 0. The van der Waals surface area contributed by atoms with Crippen LogP contribution in [0.25, 0.3) is 0 Å². The predicted molar refractivity (Wildman–Crippen MR) is 74.5 cm³/mol. The van der Waals surface area contributed by atoms with Gasteiger partial charge in [-0.1, -0.05) is 37.6 Å². The fraction of sp³-hybridized carbons (Fsp3) is 0.600. The Morgan fingerprint density at radius 2 is 2.11 bits per heavy atom. The fourth-order valence-electron chi connectivity index (χ4n) is 2.14. The first-order valence-corrected chi connectivity index (χ1v) is 7.12. The van der Waals surface area contributed by atoms with Gasteiger partial charge in [0.25, 0.3) is 0 Å². The first-order chi connectivity index (χ1) is 8.58. The van der Waals surface area contributed by atoms with Gasteiger partial charge in [0.15, 0.2) is 0 Å². The third kappa shape index (κ3) is 3.69. The zero-order chi connectivity index (χ0) is 13.1. The summed E-state index contributed by atoms with van der Waals surface area (Å²) in [6.07, 6.45) is 3.44. The van der Waals surface area contributed by atoms with E-state index in [4.69, 9.17) is 11.6 Å². The number of halogens is 2. The van der Waals surface area contributed by atoms with Gasteiger partial charge in [0.2, 0.25) is 0 Å². The lowest BCUT2D eigenvalue weighted by Gasteiger charge is -2.22. The Morgan fingerprint density at radius 3 is 2.72 bits per heavy atom. The summed E-state index contributed by atoms with van der Waals surface area (Å²) in [6.45, 7) is 5.42. The van der Waals surface area contributed by atoms with E-state index in [9.17, 15) is 4.39 Å². The summed E-state index contributed by atoms with van der Waals surface area (Å²) in [5.74, 6) is 0.757. The van der Waals surface area contributed by atoms with Gasteiger partial charge in [-0.15, -0.1) is 0 Å². The molecule has 1 saturated carbocycles. The quantitative estimate of drug-likeness (QED) is 0.822. The maximum Gasteiger partial charge on any atom is 0.142 e. The Kier molecular flexibility index (Phi) is 4.63. The molecule has 1 nitrogen and oxygen atoms in total. The van der Waals surface area contributed by atoms with Crippen LogP contribution in [-0.2, 0) is 6.42 Å². The van der Waals surface area contributed by atoms with Crippen molar-refractivity contribution >= 4 is 11.6 Å². The van der Waals surface area contributed by atoms with Crippen molar-refractivity contribution in [1.82, 2.24) is 5.32 Å². The molecule has 0 aromatic heterocycles. The molecule has 1 fully saturated rings. The summed E-state index contributed by atoms with van der Waals surface area (Å²) < 4.78 is 13.4. The number of rotatable bonds is 6. The molecule has 1 N–H and O–H groups in total. The lowest BCUT2D eigenvalue weighted by Crippen LogP contribution is -2.29. The van der Waals surface area contributed by atoms with Gasteiger partial charge in [-0.2, -0.15) is 0 Å². The summed E-state index contributed by atoms with van der Waals surface area (Å²) >= 11 is 6.02. The molecule has 1 aliphatic rings. The molecule has 1 aromatic rings. The zero-order valence-corrected chi connectivity index (χ0v) is 11.8. The molecule has 2 rings (SSSR count). The van der Waals surface area contributed by atoms with E-state index in [0.29, 0.717) is 17.9 Å². The standard InChI is InChI=1S/C15H21ClFN/c1-10(2)12(9-18-13-6-7-13)8-11-4-3-5-14(17)15(11)16/h3-5,10,12-13,18H,6-9H2,1-2H3. The molecule has 1 unspecified atom stereocenters. The van der Waals surface area contributed by atoms with Gasteiger partial charge in [-0.25, -0.2) is 4.39 Å². The maximum atomic E-state index is 13.4. The molecular weight excluding hydrogens is 249 g/mol. The van der Waals surface area contributed by atoms with Crippen LogP contribution in [0.3, 0.4) is 0 Å². The third-order valence-electron chi connectivity index (χ3n) is 3.70. The molecule has 0 bridgehead atoms. The van der Waals surface area contributed by atoms with Gasteiger partial charge >= 0.3 is 0 Å². The van der Waals surface area contributed by atoms with Crippen molar-refractivity contribution in [3.63, 3.8) is 0 Å². The van der Waals surface area contributed by atoms with E-state index in [1.54, 1.807) is 6.07 Å². The number of hydrogen-bond acceptors (Lipinski definition) is 1. The minimum atomic E-state index is -0.313. The fourth-order valence-corrected chi connectivity index (χ4v) is 2.34. The van der Waals surface area contributed by atoms with Gasteiger partial charge in [0.05, 0.1) is 5.02 Å². The smallest absolute Gasteiger partial charge is 0.142 e. The summed E-state index contributed by atoms with van der Waals surface area (Å²) in [6, 6.07) is 5.80. The number of benzene rings is 1. The Hall–Kier alpha value is -0.600. The zero-order valence-electron chi connectivity index (χ0n) is 11.0. The van der Waals surface area contributed by atoms with Gasteiger partial charge in [0.1, 0.15) is 5.82 Å². The Bertz CT molecular complexity index is 401. The minimum absolute atomic E-state index is 0.287. The van der Waals surface area contributed by atoms with E-state index < -0.39 is 0 Å². The maximum absolute atomic E-state index is 13.4. The molecule has 0 saturated heterocycles. The second-order valence-corrected chi connectivity index (χ2v) is 5.98. The Morgan fingerprint density at radius 1 is 1.39 bits per heavy atom. The molecule has 3 heteroatoms. The highest BCUT2D eigenvalue weighted by atomic mass is 35.5. The van der Waals surface area contributed by atoms with Crippen molar-refractivity contribution in [2.24, 2.45) is 11.8 Å². The van der Waals surface area contributed by atoms with Crippen LogP contribution >= 0.6 is 11.6 Å². The summed E-state index contributed by atoms with van der Waals surface area (Å²) in [5, 5.41) is 3.84. The van der Waals surface area contributed by atoms with Gasteiger partial charge in [0, 0.05) is 6.04 Å². The highest BCUT2D eigenvalue weighted by Crippen LogP contribution is 2.26. The average molecular weight is 270 g/mol. The van der Waals surface area contributed by atoms with E-state index in [-0.39, 0.29) is 10.8 Å². The van der Waals surface area contributed by atoms with Crippen molar-refractivity contribution in [2.45, 2.75) is 39.2 Å². The van der Waals surface area contributed by atoms with Crippen LogP contribution in [0.5, 0.6) is 0 Å². The van der Waals surface area contributed by atoms with Gasteiger partial charge < -0.3 is 5.32 Å². The molecule has 18 heavy (non-hydrogen) atoms. The first kappa shape index (κ1) is 13.8. The minimum Gasteiger partial charge on any atom is -0.314 e. The SMILES string of the molecule is CC(C)C(CNC1CC1)Cc1cccc(F)c1Cl. The predicted octanol–water partition coefficient (Wildman–Crippen LogP) is 4.05. The lowest BCUT2D eigenvalue weighted by molar-refractivity contribution is 0.359. The monoisotopic (exact) mass is 269 g/mol. The topological polar surface area (TPSA) is 12.0 Å². The first-order valence-electron chi connectivity index (χ1n) is 6.74. The highest BCUT2D eigenvalue weighted by molar-refractivity contribution is 6.31. The molecule has 1 aliphatic carbocycles. The van der Waals surface area contributed by atoms with Crippen molar-refractivity contribution in [3.05, 3.63) is 34.6 Å². The van der Waals surface area contributed by atoms with E-state index >= 15 is 0 Å². The molecule has 1 atom stereocenters.